The Morgan fingerprint density at radius 2 is 2.23 bits per heavy atom. The molecule has 3 heteroatoms. The van der Waals surface area contributed by atoms with Crippen LogP contribution in [0, 0.1) is 0 Å². The third-order valence-electron chi connectivity index (χ3n) is 1.41. The average molecular weight is 275 g/mol. The summed E-state index contributed by atoms with van der Waals surface area (Å²) in [5.74, 6) is 1.83. The van der Waals surface area contributed by atoms with Crippen LogP contribution in [0.4, 0.5) is 0 Å². The summed E-state index contributed by atoms with van der Waals surface area (Å²) >= 11 is 9.36. The molecule has 13 heavy (non-hydrogen) atoms. The van der Waals surface area contributed by atoms with Crippen molar-refractivity contribution >= 4 is 40.3 Å². The van der Waals surface area contributed by atoms with Gasteiger partial charge in [0.15, 0.2) is 0 Å². The van der Waals surface area contributed by atoms with E-state index in [0.717, 1.165) is 16.0 Å². The minimum Gasteiger partial charge on any atom is -0.175 e. The minimum absolute atomic E-state index is 0.818. The highest BCUT2D eigenvalue weighted by molar-refractivity contribution is 9.10. The van der Waals surface area contributed by atoms with E-state index >= 15 is 0 Å². The van der Waals surface area contributed by atoms with Crippen LogP contribution in [0.15, 0.2) is 45.8 Å². The second kappa shape index (κ2) is 6.57. The van der Waals surface area contributed by atoms with Crippen LogP contribution in [-0.2, 0) is 0 Å². The zero-order valence-electron chi connectivity index (χ0n) is 7.11. The van der Waals surface area contributed by atoms with Crippen LogP contribution in [-0.4, -0.2) is 11.5 Å². The van der Waals surface area contributed by atoms with Gasteiger partial charge in [-0.15, -0.1) is 11.8 Å². The quantitative estimate of drug-likeness (QED) is 0.492. The van der Waals surface area contributed by atoms with Gasteiger partial charge in [0.1, 0.15) is 0 Å². The first-order valence-electron chi connectivity index (χ1n) is 3.97. The van der Waals surface area contributed by atoms with Crippen molar-refractivity contribution < 1.29 is 0 Å². The summed E-state index contributed by atoms with van der Waals surface area (Å²) in [6, 6.07) is 8.32. The van der Waals surface area contributed by atoms with Gasteiger partial charge < -0.3 is 0 Å². The van der Waals surface area contributed by atoms with E-state index in [1.807, 2.05) is 17.8 Å². The Hall–Kier alpha value is 0.140. The Labute approximate surface area is 97.3 Å². The summed E-state index contributed by atoms with van der Waals surface area (Å²) in [5.41, 5.74) is 0. The molecular formula is C10H11BrS2. The highest BCUT2D eigenvalue weighted by Gasteiger charge is 1.91. The van der Waals surface area contributed by atoms with Crippen molar-refractivity contribution in [3.63, 3.8) is 0 Å². The van der Waals surface area contributed by atoms with Crippen LogP contribution in [0.1, 0.15) is 0 Å². The van der Waals surface area contributed by atoms with Crippen LogP contribution in [0.25, 0.3) is 0 Å². The Balaban J connectivity index is 2.41. The van der Waals surface area contributed by atoms with Crippen molar-refractivity contribution in [2.45, 2.75) is 4.90 Å². The SMILES string of the molecule is SCC=CCSc1cccc(Br)c1. The maximum absolute atomic E-state index is 4.09. The summed E-state index contributed by atoms with van der Waals surface area (Å²) in [6.45, 7) is 0. The Bertz CT molecular complexity index is 284. The Morgan fingerprint density at radius 1 is 1.38 bits per heavy atom. The third kappa shape index (κ3) is 4.79. The molecule has 0 saturated heterocycles. The van der Waals surface area contributed by atoms with Crippen LogP contribution in [0.3, 0.4) is 0 Å². The molecule has 0 bridgehead atoms. The van der Waals surface area contributed by atoms with Gasteiger partial charge in [0.25, 0.3) is 0 Å². The van der Waals surface area contributed by atoms with Crippen molar-refractivity contribution in [2.75, 3.05) is 11.5 Å². The van der Waals surface area contributed by atoms with Gasteiger partial charge in [-0.2, -0.15) is 12.6 Å². The first-order chi connectivity index (χ1) is 6.33. The summed E-state index contributed by atoms with van der Waals surface area (Å²) in [5, 5.41) is 0. The molecule has 0 aliphatic carbocycles. The van der Waals surface area contributed by atoms with E-state index in [1.54, 1.807) is 0 Å². The molecule has 0 unspecified atom stereocenters. The van der Waals surface area contributed by atoms with Crippen molar-refractivity contribution in [3.8, 4) is 0 Å². The molecule has 1 aromatic rings. The topological polar surface area (TPSA) is 0 Å². The highest BCUT2D eigenvalue weighted by Crippen LogP contribution is 2.21. The first kappa shape index (κ1) is 11.2. The summed E-state index contributed by atoms with van der Waals surface area (Å²) in [6.07, 6.45) is 4.20. The number of hydrogen-bond donors (Lipinski definition) is 1. The fourth-order valence-electron chi connectivity index (χ4n) is 0.844. The number of halogens is 1. The lowest BCUT2D eigenvalue weighted by Crippen LogP contribution is -1.74. The van der Waals surface area contributed by atoms with Gasteiger partial charge in [-0.3, -0.25) is 0 Å². The standard InChI is InChI=1S/C10H11BrS2/c11-9-4-3-5-10(8-9)13-7-2-1-6-12/h1-5,8,12H,6-7H2. The lowest BCUT2D eigenvalue weighted by atomic mass is 10.4. The molecule has 1 rings (SSSR count). The molecule has 1 aromatic carbocycles. The number of rotatable bonds is 4. The molecule has 0 nitrogen and oxygen atoms in total. The van der Waals surface area contributed by atoms with E-state index in [0.29, 0.717) is 0 Å². The average Bonchev–Trinajstić information content (AvgIpc) is 2.13. The van der Waals surface area contributed by atoms with Gasteiger partial charge >= 0.3 is 0 Å². The van der Waals surface area contributed by atoms with Gasteiger partial charge in [-0.1, -0.05) is 34.1 Å². The second-order valence-electron chi connectivity index (χ2n) is 2.42. The molecule has 0 amide bonds. The second-order valence-corrected chi connectivity index (χ2v) is 4.80. The molecule has 0 radical (unpaired) electrons. The number of hydrogen-bond acceptors (Lipinski definition) is 2. The van der Waals surface area contributed by atoms with Gasteiger partial charge in [0.2, 0.25) is 0 Å². The van der Waals surface area contributed by atoms with E-state index < -0.39 is 0 Å². The summed E-state index contributed by atoms with van der Waals surface area (Å²) in [7, 11) is 0. The van der Waals surface area contributed by atoms with Gasteiger partial charge in [-0.05, 0) is 18.2 Å². The predicted molar refractivity (Wildman–Crippen MR) is 67.9 cm³/mol. The van der Waals surface area contributed by atoms with Crippen molar-refractivity contribution in [2.24, 2.45) is 0 Å². The molecule has 0 saturated carbocycles. The normalized spacial score (nSPS) is 10.9. The maximum Gasteiger partial charge on any atom is 0.0186 e. The molecule has 0 aliphatic heterocycles. The van der Waals surface area contributed by atoms with Crippen LogP contribution < -0.4 is 0 Å². The fraction of sp³-hybridized carbons (Fsp3) is 0.200. The lowest BCUT2D eigenvalue weighted by molar-refractivity contribution is 1.43. The monoisotopic (exact) mass is 274 g/mol. The van der Waals surface area contributed by atoms with E-state index in [4.69, 9.17) is 0 Å². The van der Waals surface area contributed by atoms with E-state index in [9.17, 15) is 0 Å². The van der Waals surface area contributed by atoms with E-state index in [-0.39, 0.29) is 0 Å². The zero-order valence-corrected chi connectivity index (χ0v) is 10.4. The first-order valence-corrected chi connectivity index (χ1v) is 6.38. The maximum atomic E-state index is 4.09. The van der Waals surface area contributed by atoms with Crippen LogP contribution in [0.2, 0.25) is 0 Å². The third-order valence-corrected chi connectivity index (χ3v) is 3.06. The molecule has 0 spiro atoms. The molecular weight excluding hydrogens is 264 g/mol. The van der Waals surface area contributed by atoms with E-state index in [1.165, 1.54) is 4.90 Å². The van der Waals surface area contributed by atoms with Crippen molar-refractivity contribution in [3.05, 3.63) is 40.9 Å². The molecule has 0 aromatic heterocycles. The minimum atomic E-state index is 0.818. The Kier molecular flexibility index (Phi) is 5.67. The van der Waals surface area contributed by atoms with Crippen molar-refractivity contribution in [1.29, 1.82) is 0 Å². The Morgan fingerprint density at radius 3 is 2.92 bits per heavy atom. The molecule has 70 valence electrons. The lowest BCUT2D eigenvalue weighted by Gasteiger charge is -1.97. The number of thioether (sulfide) groups is 1. The van der Waals surface area contributed by atoms with Crippen molar-refractivity contribution in [1.82, 2.24) is 0 Å². The largest absolute Gasteiger partial charge is 0.175 e. The number of thiol groups is 1. The van der Waals surface area contributed by atoms with Crippen LogP contribution in [0.5, 0.6) is 0 Å². The number of benzene rings is 1. The van der Waals surface area contributed by atoms with Crippen LogP contribution >= 0.6 is 40.3 Å². The van der Waals surface area contributed by atoms with Gasteiger partial charge in [0, 0.05) is 20.9 Å². The van der Waals surface area contributed by atoms with Gasteiger partial charge in [-0.25, -0.2) is 0 Å². The molecule has 0 aliphatic rings. The molecule has 0 fully saturated rings. The fourth-order valence-corrected chi connectivity index (χ4v) is 2.35. The van der Waals surface area contributed by atoms with Gasteiger partial charge in [0.05, 0.1) is 0 Å². The summed E-state index contributed by atoms with van der Waals surface area (Å²) < 4.78 is 1.13. The molecule has 0 heterocycles. The zero-order chi connectivity index (χ0) is 9.52. The molecule has 0 atom stereocenters. The van der Waals surface area contributed by atoms with E-state index in [2.05, 4.69) is 58.9 Å². The smallest absolute Gasteiger partial charge is 0.0186 e. The summed E-state index contributed by atoms with van der Waals surface area (Å²) in [4.78, 5) is 1.29. The highest BCUT2D eigenvalue weighted by atomic mass is 79.9. The predicted octanol–water partition coefficient (Wildman–Crippen LogP) is 4.03. The molecule has 0 N–H and O–H groups in total.